The van der Waals surface area contributed by atoms with E-state index in [1.54, 1.807) is 10.9 Å². The van der Waals surface area contributed by atoms with Crippen LogP contribution in [0.3, 0.4) is 0 Å². The van der Waals surface area contributed by atoms with Gasteiger partial charge in [-0.25, -0.2) is 8.78 Å². The molecule has 0 spiro atoms. The fourth-order valence-corrected chi connectivity index (χ4v) is 2.51. The van der Waals surface area contributed by atoms with Crippen LogP contribution < -0.4 is 10.6 Å². The van der Waals surface area contributed by atoms with Crippen molar-refractivity contribution in [3.8, 4) is 5.69 Å². The smallest absolute Gasteiger partial charge is 0.254 e. The van der Waals surface area contributed by atoms with Crippen molar-refractivity contribution >= 4 is 11.8 Å². The molecule has 28 heavy (non-hydrogen) atoms. The summed E-state index contributed by atoms with van der Waals surface area (Å²) in [7, 11) is 0. The van der Waals surface area contributed by atoms with Gasteiger partial charge in [-0.05, 0) is 24.3 Å². The summed E-state index contributed by atoms with van der Waals surface area (Å²) in [5, 5.41) is 13.0. The van der Waals surface area contributed by atoms with Gasteiger partial charge < -0.3 is 10.6 Å². The van der Waals surface area contributed by atoms with Crippen molar-refractivity contribution in [2.24, 2.45) is 0 Å². The van der Waals surface area contributed by atoms with Crippen LogP contribution in [0, 0.1) is 11.6 Å². The Balaban J connectivity index is 1.47. The topological polar surface area (TPSA) is 88.9 Å². The normalized spacial score (nSPS) is 10.5. The highest BCUT2D eigenvalue weighted by Gasteiger charge is 2.13. The van der Waals surface area contributed by atoms with E-state index in [1.807, 2.05) is 30.3 Å². The third-order valence-corrected chi connectivity index (χ3v) is 3.91. The van der Waals surface area contributed by atoms with Crippen LogP contribution in [0.1, 0.15) is 22.6 Å². The SMILES string of the molecule is O=C(CCNC(=O)c1ccc(F)cc1F)NCc1nncn1-c1ccccc1. The predicted molar refractivity (Wildman–Crippen MR) is 96.5 cm³/mol. The van der Waals surface area contributed by atoms with E-state index in [1.165, 1.54) is 0 Å². The number of nitrogens with one attached hydrogen (secondary N) is 2. The summed E-state index contributed by atoms with van der Waals surface area (Å²) >= 11 is 0. The van der Waals surface area contributed by atoms with Crippen molar-refractivity contribution < 1.29 is 18.4 Å². The number of amides is 2. The Hall–Kier alpha value is -3.62. The average molecular weight is 385 g/mol. The Morgan fingerprint density at radius 2 is 1.82 bits per heavy atom. The zero-order valence-corrected chi connectivity index (χ0v) is 14.7. The van der Waals surface area contributed by atoms with E-state index in [9.17, 15) is 18.4 Å². The van der Waals surface area contributed by atoms with Gasteiger partial charge in [-0.1, -0.05) is 18.2 Å². The molecule has 0 radical (unpaired) electrons. The van der Waals surface area contributed by atoms with Crippen molar-refractivity contribution in [2.45, 2.75) is 13.0 Å². The molecule has 0 saturated carbocycles. The first kappa shape index (κ1) is 19.2. The molecular weight excluding hydrogens is 368 g/mol. The van der Waals surface area contributed by atoms with E-state index in [0.29, 0.717) is 11.9 Å². The van der Waals surface area contributed by atoms with Crippen molar-refractivity contribution in [3.05, 3.63) is 77.9 Å². The van der Waals surface area contributed by atoms with Crippen LogP contribution in [0.4, 0.5) is 8.78 Å². The average Bonchev–Trinajstić information content (AvgIpc) is 3.15. The maximum absolute atomic E-state index is 13.5. The lowest BCUT2D eigenvalue weighted by Gasteiger charge is -2.09. The maximum Gasteiger partial charge on any atom is 0.254 e. The molecule has 0 atom stereocenters. The van der Waals surface area contributed by atoms with Gasteiger partial charge in [0.05, 0.1) is 12.1 Å². The Morgan fingerprint density at radius 3 is 2.57 bits per heavy atom. The van der Waals surface area contributed by atoms with E-state index >= 15 is 0 Å². The van der Waals surface area contributed by atoms with Gasteiger partial charge in [0.2, 0.25) is 5.91 Å². The molecule has 2 N–H and O–H groups in total. The number of hydrogen-bond donors (Lipinski definition) is 2. The van der Waals surface area contributed by atoms with Gasteiger partial charge in [-0.3, -0.25) is 14.2 Å². The van der Waals surface area contributed by atoms with Crippen LogP contribution in [0.25, 0.3) is 5.69 Å². The molecule has 0 aliphatic heterocycles. The second-order valence-electron chi connectivity index (χ2n) is 5.86. The summed E-state index contributed by atoms with van der Waals surface area (Å²) in [6, 6.07) is 12.1. The first-order valence-electron chi connectivity index (χ1n) is 8.49. The lowest BCUT2D eigenvalue weighted by molar-refractivity contribution is -0.121. The highest BCUT2D eigenvalue weighted by Crippen LogP contribution is 2.10. The number of carbonyl (C=O) groups excluding carboxylic acids is 2. The van der Waals surface area contributed by atoms with E-state index in [0.717, 1.165) is 17.8 Å². The van der Waals surface area contributed by atoms with Gasteiger partial charge in [-0.2, -0.15) is 0 Å². The molecule has 7 nitrogen and oxygen atoms in total. The predicted octanol–water partition coefficient (Wildman–Crippen LogP) is 1.98. The summed E-state index contributed by atoms with van der Waals surface area (Å²) in [6.07, 6.45) is 1.54. The fraction of sp³-hybridized carbons (Fsp3) is 0.158. The second kappa shape index (κ2) is 8.85. The van der Waals surface area contributed by atoms with Crippen LogP contribution in [0.5, 0.6) is 0 Å². The van der Waals surface area contributed by atoms with Gasteiger partial charge in [0.15, 0.2) is 5.82 Å². The number of halogens is 2. The third-order valence-electron chi connectivity index (χ3n) is 3.91. The third kappa shape index (κ3) is 4.76. The molecule has 144 valence electrons. The minimum atomic E-state index is -0.956. The second-order valence-corrected chi connectivity index (χ2v) is 5.86. The van der Waals surface area contributed by atoms with Crippen LogP contribution in [-0.4, -0.2) is 33.1 Å². The summed E-state index contributed by atoms with van der Waals surface area (Å²) in [5.41, 5.74) is 0.586. The molecule has 0 fully saturated rings. The van der Waals surface area contributed by atoms with Gasteiger partial charge in [-0.15, -0.1) is 10.2 Å². The summed E-state index contributed by atoms with van der Waals surface area (Å²) in [4.78, 5) is 23.8. The molecule has 0 bridgehead atoms. The molecule has 9 heteroatoms. The zero-order valence-electron chi connectivity index (χ0n) is 14.7. The number of rotatable bonds is 7. The molecule has 2 aromatic carbocycles. The largest absolute Gasteiger partial charge is 0.351 e. The summed E-state index contributed by atoms with van der Waals surface area (Å²) in [6.45, 7) is 0.168. The van der Waals surface area contributed by atoms with Crippen LogP contribution in [0.15, 0.2) is 54.9 Å². The molecule has 0 unspecified atom stereocenters. The van der Waals surface area contributed by atoms with E-state index < -0.39 is 17.5 Å². The molecule has 2 amide bonds. The van der Waals surface area contributed by atoms with E-state index in [-0.39, 0.29) is 31.0 Å². The first-order valence-corrected chi connectivity index (χ1v) is 8.49. The van der Waals surface area contributed by atoms with Crippen molar-refractivity contribution in [2.75, 3.05) is 6.54 Å². The van der Waals surface area contributed by atoms with E-state index in [2.05, 4.69) is 20.8 Å². The number of para-hydroxylation sites is 1. The fourth-order valence-electron chi connectivity index (χ4n) is 2.51. The Morgan fingerprint density at radius 1 is 1.04 bits per heavy atom. The molecule has 1 heterocycles. The lowest BCUT2D eigenvalue weighted by atomic mass is 10.2. The van der Waals surface area contributed by atoms with Crippen LogP contribution >= 0.6 is 0 Å². The quantitative estimate of drug-likeness (QED) is 0.651. The molecule has 0 aliphatic carbocycles. The van der Waals surface area contributed by atoms with Crippen molar-refractivity contribution in [1.82, 2.24) is 25.4 Å². The first-order chi connectivity index (χ1) is 13.5. The monoisotopic (exact) mass is 385 g/mol. The molecule has 1 aromatic heterocycles. The molecule has 3 rings (SSSR count). The lowest BCUT2D eigenvalue weighted by Crippen LogP contribution is -2.31. The minimum absolute atomic E-state index is 0.00592. The van der Waals surface area contributed by atoms with E-state index in [4.69, 9.17) is 0 Å². The molecule has 0 aliphatic rings. The maximum atomic E-state index is 13.5. The van der Waals surface area contributed by atoms with Crippen LogP contribution in [0.2, 0.25) is 0 Å². The number of aromatic nitrogens is 3. The zero-order chi connectivity index (χ0) is 19.9. The highest BCUT2D eigenvalue weighted by molar-refractivity contribution is 5.94. The number of nitrogens with zero attached hydrogens (tertiary/aromatic N) is 3. The van der Waals surface area contributed by atoms with Gasteiger partial charge in [0, 0.05) is 24.7 Å². The number of hydrogen-bond acceptors (Lipinski definition) is 4. The Kier molecular flexibility index (Phi) is 6.05. The Labute approximate surface area is 159 Å². The molecule has 0 saturated heterocycles. The Bertz CT molecular complexity index is 975. The van der Waals surface area contributed by atoms with Gasteiger partial charge >= 0.3 is 0 Å². The van der Waals surface area contributed by atoms with Gasteiger partial charge in [0.25, 0.3) is 5.91 Å². The number of benzene rings is 2. The highest BCUT2D eigenvalue weighted by atomic mass is 19.1. The van der Waals surface area contributed by atoms with Crippen molar-refractivity contribution in [3.63, 3.8) is 0 Å². The summed E-state index contributed by atoms with van der Waals surface area (Å²) < 4.78 is 28.2. The number of carbonyl (C=O) groups is 2. The van der Waals surface area contributed by atoms with Gasteiger partial charge in [0.1, 0.15) is 18.0 Å². The standard InChI is InChI=1S/C19H17F2N5O2/c20-13-6-7-15(16(21)10-13)19(28)22-9-8-18(27)23-11-17-25-24-12-26(17)14-4-2-1-3-5-14/h1-7,10,12H,8-9,11H2,(H,22,28)(H,23,27). The summed E-state index contributed by atoms with van der Waals surface area (Å²) in [5.74, 6) is -2.20. The van der Waals surface area contributed by atoms with Crippen LogP contribution in [-0.2, 0) is 11.3 Å². The van der Waals surface area contributed by atoms with Crippen molar-refractivity contribution in [1.29, 1.82) is 0 Å². The molecular formula is C19H17F2N5O2. The molecule has 3 aromatic rings. The minimum Gasteiger partial charge on any atom is -0.351 e.